The third-order valence-corrected chi connectivity index (χ3v) is 6.16. The van der Waals surface area contributed by atoms with E-state index in [1.807, 2.05) is 0 Å². The van der Waals surface area contributed by atoms with E-state index in [-0.39, 0.29) is 0 Å². The average Bonchev–Trinajstić information content (AvgIpc) is 2.38. The van der Waals surface area contributed by atoms with E-state index < -0.39 is 0 Å². The molecule has 2 aliphatic rings. The number of nitrogens with one attached hydrogen (secondary N) is 1. The Labute approximate surface area is 115 Å². The van der Waals surface area contributed by atoms with Crippen molar-refractivity contribution in [3.05, 3.63) is 35.4 Å². The van der Waals surface area contributed by atoms with Gasteiger partial charge in [-0.15, -0.1) is 0 Å². The topological polar surface area (TPSA) is 12.0 Å². The summed E-state index contributed by atoms with van der Waals surface area (Å²) in [6, 6.07) is 9.58. The minimum absolute atomic E-state index is 0.548. The Balaban J connectivity index is 1.67. The number of fused-ring (bicyclic) bond motifs is 1. The molecule has 0 saturated heterocycles. The fourth-order valence-corrected chi connectivity index (χ4v) is 4.22. The molecule has 1 aromatic rings. The first-order valence-electron chi connectivity index (χ1n) is 7.19. The van der Waals surface area contributed by atoms with Crippen LogP contribution in [0.25, 0.3) is 0 Å². The number of benzene rings is 1. The Bertz CT molecular complexity index is 406. The van der Waals surface area contributed by atoms with Gasteiger partial charge in [0.15, 0.2) is 0 Å². The molecule has 0 aliphatic heterocycles. The highest BCUT2D eigenvalue weighted by Crippen LogP contribution is 2.43. The van der Waals surface area contributed by atoms with Crippen molar-refractivity contribution in [1.82, 2.24) is 5.32 Å². The molecule has 1 fully saturated rings. The van der Waals surface area contributed by atoms with E-state index in [9.17, 15) is 0 Å². The van der Waals surface area contributed by atoms with Crippen molar-refractivity contribution in [2.45, 2.75) is 49.3 Å². The summed E-state index contributed by atoms with van der Waals surface area (Å²) in [5.74, 6) is 0. The molecule has 2 heteroatoms. The van der Waals surface area contributed by atoms with Crippen LogP contribution in [0.2, 0.25) is 0 Å². The highest BCUT2D eigenvalue weighted by molar-refractivity contribution is 8.00. The minimum Gasteiger partial charge on any atom is -0.309 e. The highest BCUT2D eigenvalue weighted by atomic mass is 32.2. The molecular weight excluding hydrogens is 238 g/mol. The molecule has 0 radical (unpaired) electrons. The van der Waals surface area contributed by atoms with Crippen LogP contribution in [0.15, 0.2) is 24.3 Å². The van der Waals surface area contributed by atoms with Gasteiger partial charge in [-0.3, -0.25) is 0 Å². The second-order valence-electron chi connectivity index (χ2n) is 5.77. The summed E-state index contributed by atoms with van der Waals surface area (Å²) in [4.78, 5) is 0. The molecule has 0 amide bonds. The van der Waals surface area contributed by atoms with Crippen molar-refractivity contribution in [3.8, 4) is 0 Å². The molecule has 2 aliphatic carbocycles. The van der Waals surface area contributed by atoms with Crippen LogP contribution in [-0.2, 0) is 6.42 Å². The Morgan fingerprint density at radius 2 is 2.11 bits per heavy atom. The summed E-state index contributed by atoms with van der Waals surface area (Å²) in [6.45, 7) is 1.19. The SMILES string of the molecule is CSC1(CNC2CCCc3ccccc32)CCC1. The van der Waals surface area contributed by atoms with Crippen LogP contribution >= 0.6 is 11.8 Å². The molecule has 0 bridgehead atoms. The normalized spacial score (nSPS) is 25.3. The lowest BCUT2D eigenvalue weighted by Crippen LogP contribution is -2.44. The molecule has 3 rings (SSSR count). The lowest BCUT2D eigenvalue weighted by Gasteiger charge is -2.42. The number of aryl methyl sites for hydroxylation is 1. The number of rotatable bonds is 4. The second-order valence-corrected chi connectivity index (χ2v) is 7.04. The smallest absolute Gasteiger partial charge is 0.0323 e. The van der Waals surface area contributed by atoms with Crippen LogP contribution in [0.4, 0.5) is 0 Å². The van der Waals surface area contributed by atoms with Gasteiger partial charge in [0.1, 0.15) is 0 Å². The summed E-state index contributed by atoms with van der Waals surface area (Å²) < 4.78 is 0.548. The number of hydrogen-bond donors (Lipinski definition) is 1. The Morgan fingerprint density at radius 1 is 1.28 bits per heavy atom. The fraction of sp³-hybridized carbons (Fsp3) is 0.625. The van der Waals surface area contributed by atoms with Gasteiger partial charge in [-0.25, -0.2) is 0 Å². The summed E-state index contributed by atoms with van der Waals surface area (Å²) in [6.07, 6.45) is 10.4. The van der Waals surface area contributed by atoms with Crippen LogP contribution in [0, 0.1) is 0 Å². The first kappa shape index (κ1) is 12.6. The molecule has 0 heterocycles. The third-order valence-electron chi connectivity index (χ3n) is 4.74. The van der Waals surface area contributed by atoms with Crippen molar-refractivity contribution in [1.29, 1.82) is 0 Å². The van der Waals surface area contributed by atoms with Gasteiger partial charge in [-0.05, 0) is 49.5 Å². The second kappa shape index (κ2) is 5.26. The monoisotopic (exact) mass is 261 g/mol. The van der Waals surface area contributed by atoms with Crippen LogP contribution in [0.5, 0.6) is 0 Å². The van der Waals surface area contributed by atoms with E-state index in [0.717, 1.165) is 0 Å². The van der Waals surface area contributed by atoms with Crippen molar-refractivity contribution >= 4 is 11.8 Å². The van der Waals surface area contributed by atoms with Crippen LogP contribution in [0.1, 0.15) is 49.3 Å². The maximum absolute atomic E-state index is 3.85. The molecule has 1 aromatic carbocycles. The van der Waals surface area contributed by atoms with Crippen molar-refractivity contribution < 1.29 is 0 Å². The summed E-state index contributed by atoms with van der Waals surface area (Å²) >= 11 is 2.07. The lowest BCUT2D eigenvalue weighted by atomic mass is 9.82. The molecule has 0 spiro atoms. The molecule has 0 aromatic heterocycles. The first-order valence-corrected chi connectivity index (χ1v) is 8.42. The van der Waals surface area contributed by atoms with Gasteiger partial charge in [-0.1, -0.05) is 30.7 Å². The zero-order valence-electron chi connectivity index (χ0n) is 11.2. The van der Waals surface area contributed by atoms with Crippen LogP contribution in [-0.4, -0.2) is 17.5 Å². The Hall–Kier alpha value is -0.470. The molecule has 1 N–H and O–H groups in total. The van der Waals surface area contributed by atoms with E-state index in [1.165, 1.54) is 45.1 Å². The predicted octanol–water partition coefficient (Wildman–Crippen LogP) is 3.94. The van der Waals surface area contributed by atoms with Gasteiger partial charge in [0.2, 0.25) is 0 Å². The van der Waals surface area contributed by atoms with E-state index in [4.69, 9.17) is 0 Å². The molecule has 1 unspecified atom stereocenters. The largest absolute Gasteiger partial charge is 0.309 e. The zero-order valence-corrected chi connectivity index (χ0v) is 12.1. The van der Waals surface area contributed by atoms with Crippen LogP contribution in [0.3, 0.4) is 0 Å². The average molecular weight is 261 g/mol. The zero-order chi connectivity index (χ0) is 12.4. The first-order chi connectivity index (χ1) is 8.83. The summed E-state index contributed by atoms with van der Waals surface area (Å²) in [5.41, 5.74) is 3.12. The van der Waals surface area contributed by atoms with Gasteiger partial charge < -0.3 is 5.32 Å². The van der Waals surface area contributed by atoms with Crippen molar-refractivity contribution in [2.24, 2.45) is 0 Å². The number of hydrogen-bond acceptors (Lipinski definition) is 2. The maximum atomic E-state index is 3.85. The van der Waals surface area contributed by atoms with Gasteiger partial charge in [0.25, 0.3) is 0 Å². The van der Waals surface area contributed by atoms with E-state index in [2.05, 4.69) is 47.6 Å². The quantitative estimate of drug-likeness (QED) is 0.881. The van der Waals surface area contributed by atoms with Crippen molar-refractivity contribution in [2.75, 3.05) is 12.8 Å². The lowest BCUT2D eigenvalue weighted by molar-refractivity contribution is 0.321. The molecule has 1 atom stereocenters. The summed E-state index contributed by atoms with van der Waals surface area (Å²) in [7, 11) is 0. The number of thioether (sulfide) groups is 1. The van der Waals surface area contributed by atoms with Crippen molar-refractivity contribution in [3.63, 3.8) is 0 Å². The summed E-state index contributed by atoms with van der Waals surface area (Å²) in [5, 5.41) is 3.85. The van der Waals surface area contributed by atoms with Gasteiger partial charge in [0.05, 0.1) is 0 Å². The van der Waals surface area contributed by atoms with Gasteiger partial charge in [0, 0.05) is 17.3 Å². The Morgan fingerprint density at radius 3 is 2.83 bits per heavy atom. The molecule has 1 nitrogen and oxygen atoms in total. The van der Waals surface area contributed by atoms with E-state index in [1.54, 1.807) is 11.1 Å². The fourth-order valence-electron chi connectivity index (χ4n) is 3.30. The molecule has 98 valence electrons. The predicted molar refractivity (Wildman–Crippen MR) is 80.2 cm³/mol. The molecule has 1 saturated carbocycles. The van der Waals surface area contributed by atoms with E-state index in [0.29, 0.717) is 10.8 Å². The van der Waals surface area contributed by atoms with Gasteiger partial charge in [-0.2, -0.15) is 11.8 Å². The minimum atomic E-state index is 0.548. The van der Waals surface area contributed by atoms with Gasteiger partial charge >= 0.3 is 0 Å². The standard InChI is InChI=1S/C16H23NS/c1-18-16(10-5-11-16)12-17-15-9-4-7-13-6-2-3-8-14(13)15/h2-3,6,8,15,17H,4-5,7,9-12H2,1H3. The highest BCUT2D eigenvalue weighted by Gasteiger charge is 2.36. The molecule has 18 heavy (non-hydrogen) atoms. The molecular formula is C16H23NS. The third kappa shape index (κ3) is 2.33. The Kier molecular flexibility index (Phi) is 3.67. The van der Waals surface area contributed by atoms with Crippen LogP contribution < -0.4 is 5.32 Å². The van der Waals surface area contributed by atoms with E-state index >= 15 is 0 Å². The maximum Gasteiger partial charge on any atom is 0.0323 e.